The second-order valence-electron chi connectivity index (χ2n) is 8.62. The molecule has 3 aliphatic rings. The number of carbonyl (C=O) groups excluding carboxylic acids is 4. The van der Waals surface area contributed by atoms with Crippen molar-refractivity contribution in [3.05, 3.63) is 11.6 Å². The molecule has 0 radical (unpaired) electrons. The lowest BCUT2D eigenvalue weighted by atomic mass is 9.99. The highest BCUT2D eigenvalue weighted by Gasteiger charge is 2.45. The van der Waals surface area contributed by atoms with E-state index < -0.39 is 60.6 Å². The molecule has 9 nitrogen and oxygen atoms in total. The van der Waals surface area contributed by atoms with Gasteiger partial charge in [-0.1, -0.05) is 0 Å². The molecular weight excluding hydrogens is 433 g/mol. The first kappa shape index (κ1) is 23.7. The highest BCUT2D eigenvalue weighted by molar-refractivity contribution is 6.13. The highest BCUT2D eigenvalue weighted by Crippen LogP contribution is 2.33. The molecule has 0 N–H and O–H groups in total. The Morgan fingerprint density at radius 1 is 1.22 bits per heavy atom. The van der Waals surface area contributed by atoms with Crippen molar-refractivity contribution in [2.75, 3.05) is 26.2 Å². The minimum atomic E-state index is -2.85. The van der Waals surface area contributed by atoms with Crippen molar-refractivity contribution in [3.63, 3.8) is 0 Å². The molecule has 3 saturated heterocycles. The van der Waals surface area contributed by atoms with Gasteiger partial charge in [-0.05, 0) is 19.9 Å². The number of carbonyl (C=O) groups is 4. The lowest BCUT2D eigenvalue weighted by Gasteiger charge is -2.33. The summed E-state index contributed by atoms with van der Waals surface area (Å²) in [6.07, 6.45) is -3.85. The minimum absolute atomic E-state index is 0.0889. The molecule has 12 heteroatoms. The maximum Gasteiger partial charge on any atom is 0.423 e. The minimum Gasteiger partial charge on any atom is -0.440 e. The molecule has 0 saturated carbocycles. The molecule has 0 spiro atoms. The Kier molecular flexibility index (Phi) is 6.33. The zero-order chi connectivity index (χ0) is 23.8. The molecule has 0 bridgehead atoms. The van der Waals surface area contributed by atoms with E-state index in [1.165, 1.54) is 11.0 Å². The topological polar surface area (TPSA) is 111 Å². The van der Waals surface area contributed by atoms with E-state index in [2.05, 4.69) is 0 Å². The fraction of sp³-hybridized carbons (Fsp3) is 0.650. The van der Waals surface area contributed by atoms with E-state index in [1.54, 1.807) is 19.9 Å². The molecule has 3 aliphatic heterocycles. The third-order valence-electron chi connectivity index (χ3n) is 5.81. The van der Waals surface area contributed by atoms with E-state index in [0.29, 0.717) is 4.90 Å². The van der Waals surface area contributed by atoms with Crippen molar-refractivity contribution in [1.82, 2.24) is 14.7 Å². The average Bonchev–Trinajstić information content (AvgIpc) is 3.36. The summed E-state index contributed by atoms with van der Waals surface area (Å²) in [5.74, 6) is -5.18. The molecule has 3 heterocycles. The first-order valence-corrected chi connectivity index (χ1v) is 10.1. The van der Waals surface area contributed by atoms with Gasteiger partial charge in [0.2, 0.25) is 11.8 Å². The van der Waals surface area contributed by atoms with Crippen LogP contribution in [0, 0.1) is 11.3 Å². The van der Waals surface area contributed by atoms with Gasteiger partial charge in [0.1, 0.15) is 11.6 Å². The van der Waals surface area contributed by atoms with Crippen LogP contribution in [-0.2, 0) is 19.1 Å². The van der Waals surface area contributed by atoms with E-state index in [1.807, 2.05) is 0 Å². The summed E-state index contributed by atoms with van der Waals surface area (Å²) in [5, 5.41) is 9.45. The Bertz CT molecular complexity index is 897. The molecule has 0 aromatic heterocycles. The van der Waals surface area contributed by atoms with Crippen LogP contribution in [0.1, 0.15) is 33.1 Å². The maximum atomic E-state index is 14.4. The fourth-order valence-electron chi connectivity index (χ4n) is 3.96. The van der Waals surface area contributed by atoms with E-state index in [9.17, 15) is 37.6 Å². The number of halogens is 3. The Morgan fingerprint density at radius 3 is 2.38 bits per heavy atom. The SMILES string of the molecule is CC(C)(C=C(C#N)C(=O)N1CC(F)[C@@H](OC(=O)N2C(=O)CCC2=O)C1)N1CCC(F)(F)C1. The standard InChI is InChI=1S/C20H23F3N4O5/c1-19(2,26-6-5-20(22,23)11-26)7-12(8-24)17(30)25-9-13(21)14(10-25)32-18(31)27-15(28)3-4-16(27)29/h7,13-14H,3-6,9-11H2,1-2H3/t13?,14-/m0/s1. The highest BCUT2D eigenvalue weighted by atomic mass is 19.3. The second-order valence-corrected chi connectivity index (χ2v) is 8.62. The molecule has 4 amide bonds. The van der Waals surface area contributed by atoms with Crippen LogP contribution in [0.4, 0.5) is 18.0 Å². The Labute approximate surface area is 182 Å². The van der Waals surface area contributed by atoms with Crippen LogP contribution in [0.15, 0.2) is 11.6 Å². The summed E-state index contributed by atoms with van der Waals surface area (Å²) in [6.45, 7) is 1.91. The number of alkyl halides is 3. The predicted octanol–water partition coefficient (Wildman–Crippen LogP) is 1.39. The molecule has 32 heavy (non-hydrogen) atoms. The van der Waals surface area contributed by atoms with Gasteiger partial charge in [-0.3, -0.25) is 19.3 Å². The molecule has 1 unspecified atom stereocenters. The van der Waals surface area contributed by atoms with Crippen LogP contribution >= 0.6 is 0 Å². The molecule has 3 rings (SSSR count). The number of imide groups is 3. The molecule has 174 valence electrons. The van der Waals surface area contributed by atoms with Crippen LogP contribution in [0.2, 0.25) is 0 Å². The third-order valence-corrected chi connectivity index (χ3v) is 5.81. The number of hydrogen-bond acceptors (Lipinski definition) is 7. The van der Waals surface area contributed by atoms with Crippen molar-refractivity contribution in [2.45, 2.75) is 56.8 Å². The number of rotatable bonds is 4. The van der Waals surface area contributed by atoms with Crippen molar-refractivity contribution in [3.8, 4) is 6.07 Å². The molecule has 0 aromatic rings. The van der Waals surface area contributed by atoms with Crippen molar-refractivity contribution < 1.29 is 37.1 Å². The molecule has 0 aromatic carbocycles. The number of nitrogens with zero attached hydrogens (tertiary/aromatic N) is 4. The van der Waals surface area contributed by atoms with Crippen LogP contribution < -0.4 is 0 Å². The zero-order valence-corrected chi connectivity index (χ0v) is 17.6. The Balaban J connectivity index is 1.67. The van der Waals surface area contributed by atoms with Gasteiger partial charge >= 0.3 is 6.09 Å². The first-order chi connectivity index (χ1) is 14.8. The lowest BCUT2D eigenvalue weighted by Crippen LogP contribution is -2.43. The van der Waals surface area contributed by atoms with E-state index in [4.69, 9.17) is 4.74 Å². The number of likely N-dealkylation sites (tertiary alicyclic amines) is 3. The monoisotopic (exact) mass is 456 g/mol. The van der Waals surface area contributed by atoms with Crippen LogP contribution in [0.5, 0.6) is 0 Å². The van der Waals surface area contributed by atoms with Crippen molar-refractivity contribution in [2.24, 2.45) is 0 Å². The summed E-state index contributed by atoms with van der Waals surface area (Å²) in [4.78, 5) is 50.8. The number of hydrogen-bond donors (Lipinski definition) is 0. The van der Waals surface area contributed by atoms with Gasteiger partial charge in [0, 0.05) is 31.3 Å². The molecule has 0 aliphatic carbocycles. The maximum absolute atomic E-state index is 14.4. The average molecular weight is 456 g/mol. The lowest BCUT2D eigenvalue weighted by molar-refractivity contribution is -0.137. The molecule has 2 atom stereocenters. The predicted molar refractivity (Wildman–Crippen MR) is 102 cm³/mol. The second kappa shape index (κ2) is 8.54. The summed E-state index contributed by atoms with van der Waals surface area (Å²) in [6, 6.07) is 1.73. The van der Waals surface area contributed by atoms with E-state index in [-0.39, 0.29) is 37.9 Å². The van der Waals surface area contributed by atoms with E-state index in [0.717, 1.165) is 4.90 Å². The number of nitriles is 1. The normalized spacial score (nSPS) is 26.6. The molecular formula is C20H23F3N4O5. The largest absolute Gasteiger partial charge is 0.440 e. The van der Waals surface area contributed by atoms with E-state index >= 15 is 0 Å². The summed E-state index contributed by atoms with van der Waals surface area (Å²) < 4.78 is 46.5. The smallest absolute Gasteiger partial charge is 0.423 e. The van der Waals surface area contributed by atoms with Gasteiger partial charge < -0.3 is 9.64 Å². The Hall–Kier alpha value is -2.94. The third kappa shape index (κ3) is 4.77. The van der Waals surface area contributed by atoms with Gasteiger partial charge in [-0.25, -0.2) is 18.0 Å². The summed E-state index contributed by atoms with van der Waals surface area (Å²) >= 11 is 0. The van der Waals surface area contributed by atoms with Gasteiger partial charge in [-0.15, -0.1) is 0 Å². The van der Waals surface area contributed by atoms with Crippen LogP contribution in [0.25, 0.3) is 0 Å². The Morgan fingerprint density at radius 2 is 1.84 bits per heavy atom. The fourth-order valence-corrected chi connectivity index (χ4v) is 3.96. The van der Waals surface area contributed by atoms with Gasteiger partial charge in [0.05, 0.1) is 19.6 Å². The van der Waals surface area contributed by atoms with Gasteiger partial charge in [0.15, 0.2) is 12.3 Å². The van der Waals surface area contributed by atoms with Gasteiger partial charge in [0.25, 0.3) is 11.8 Å². The van der Waals surface area contributed by atoms with Crippen LogP contribution in [-0.4, -0.2) is 88.4 Å². The first-order valence-electron chi connectivity index (χ1n) is 10.1. The zero-order valence-electron chi connectivity index (χ0n) is 17.6. The van der Waals surface area contributed by atoms with Gasteiger partial charge in [-0.2, -0.15) is 10.2 Å². The number of amides is 4. The van der Waals surface area contributed by atoms with Crippen LogP contribution in [0.3, 0.4) is 0 Å². The quantitative estimate of drug-likeness (QED) is 0.357. The summed E-state index contributed by atoms with van der Waals surface area (Å²) in [7, 11) is 0. The summed E-state index contributed by atoms with van der Waals surface area (Å²) in [5.41, 5.74) is -1.38. The number of ether oxygens (including phenoxy) is 1. The van der Waals surface area contributed by atoms with Crippen molar-refractivity contribution in [1.29, 1.82) is 5.26 Å². The van der Waals surface area contributed by atoms with Crippen molar-refractivity contribution >= 4 is 23.8 Å². The molecule has 3 fully saturated rings.